The number of aromatic nitrogens is 3. The Morgan fingerprint density at radius 1 is 1.38 bits per heavy atom. The van der Waals surface area contributed by atoms with Gasteiger partial charge in [-0.3, -0.25) is 0 Å². The summed E-state index contributed by atoms with van der Waals surface area (Å²) in [5.74, 6) is 2.25. The zero-order valence-electron chi connectivity index (χ0n) is 12.6. The van der Waals surface area contributed by atoms with Gasteiger partial charge < -0.3 is 14.2 Å². The van der Waals surface area contributed by atoms with Crippen LogP contribution in [-0.2, 0) is 0 Å². The maximum absolute atomic E-state index is 5.46. The lowest BCUT2D eigenvalue weighted by Gasteiger charge is -2.33. The Balaban J connectivity index is 1.76. The van der Waals surface area contributed by atoms with Crippen LogP contribution < -0.4 is 4.74 Å². The lowest BCUT2D eigenvalue weighted by molar-refractivity contribution is 0.166. The number of hydrogen-bond donors (Lipinski definition) is 0. The lowest BCUT2D eigenvalue weighted by Crippen LogP contribution is -2.36. The quantitative estimate of drug-likeness (QED) is 0.863. The average molecular weight is 288 g/mol. The van der Waals surface area contributed by atoms with Gasteiger partial charge in [0, 0.05) is 29.8 Å². The molecule has 1 saturated heterocycles. The Morgan fingerprint density at radius 2 is 2.24 bits per heavy atom. The van der Waals surface area contributed by atoms with Crippen molar-refractivity contribution in [1.82, 2.24) is 20.0 Å². The molecule has 0 bridgehead atoms. The van der Waals surface area contributed by atoms with Gasteiger partial charge in [0.1, 0.15) is 0 Å². The van der Waals surface area contributed by atoms with E-state index in [1.54, 1.807) is 19.4 Å². The molecule has 3 rings (SSSR count). The van der Waals surface area contributed by atoms with Crippen LogP contribution in [-0.4, -0.2) is 46.8 Å². The van der Waals surface area contributed by atoms with Crippen LogP contribution in [0.15, 0.2) is 22.9 Å². The molecular formula is C15H20N4O2. The predicted molar refractivity (Wildman–Crippen MR) is 78.1 cm³/mol. The molecule has 1 aliphatic rings. The maximum atomic E-state index is 5.46. The third-order valence-corrected chi connectivity index (χ3v) is 4.20. The second-order valence-electron chi connectivity index (χ2n) is 5.60. The molecule has 0 aliphatic carbocycles. The van der Waals surface area contributed by atoms with Crippen molar-refractivity contribution in [1.29, 1.82) is 0 Å². The van der Waals surface area contributed by atoms with E-state index < -0.39 is 0 Å². The van der Waals surface area contributed by atoms with Gasteiger partial charge in [-0.05, 0) is 39.4 Å². The Labute approximate surface area is 124 Å². The summed E-state index contributed by atoms with van der Waals surface area (Å²) in [5.41, 5.74) is 0.840. The molecule has 0 aromatic carbocycles. The highest BCUT2D eigenvalue weighted by Gasteiger charge is 2.28. The number of nitrogens with zero attached hydrogens (tertiary/aromatic N) is 4. The van der Waals surface area contributed by atoms with E-state index >= 15 is 0 Å². The fourth-order valence-corrected chi connectivity index (χ4v) is 2.67. The van der Waals surface area contributed by atoms with Gasteiger partial charge in [-0.15, -0.1) is 0 Å². The highest BCUT2D eigenvalue weighted by atomic mass is 16.5. The van der Waals surface area contributed by atoms with E-state index in [9.17, 15) is 0 Å². The molecule has 2 atom stereocenters. The summed E-state index contributed by atoms with van der Waals surface area (Å²) in [6.45, 7) is 3.30. The fourth-order valence-electron chi connectivity index (χ4n) is 2.67. The Morgan fingerprint density at radius 3 is 2.90 bits per heavy atom. The van der Waals surface area contributed by atoms with E-state index in [0.29, 0.717) is 23.7 Å². The first-order valence-corrected chi connectivity index (χ1v) is 7.21. The first-order chi connectivity index (χ1) is 10.2. The minimum atomic E-state index is 0.351. The second kappa shape index (κ2) is 5.81. The van der Waals surface area contributed by atoms with Gasteiger partial charge in [0.2, 0.25) is 17.6 Å². The minimum Gasteiger partial charge on any atom is -0.481 e. The predicted octanol–water partition coefficient (Wildman–Crippen LogP) is 2.34. The van der Waals surface area contributed by atoms with E-state index in [2.05, 4.69) is 34.0 Å². The molecule has 21 heavy (non-hydrogen) atoms. The van der Waals surface area contributed by atoms with E-state index in [1.165, 1.54) is 0 Å². The zero-order valence-corrected chi connectivity index (χ0v) is 12.6. The van der Waals surface area contributed by atoms with Crippen LogP contribution in [0.1, 0.15) is 31.6 Å². The molecule has 3 heterocycles. The molecule has 0 N–H and O–H groups in total. The first-order valence-electron chi connectivity index (χ1n) is 7.21. The summed E-state index contributed by atoms with van der Waals surface area (Å²) >= 11 is 0. The summed E-state index contributed by atoms with van der Waals surface area (Å²) in [6.07, 6.45) is 3.81. The summed E-state index contributed by atoms with van der Waals surface area (Å²) in [5, 5.41) is 4.08. The highest BCUT2D eigenvalue weighted by molar-refractivity contribution is 5.53. The molecule has 0 radical (unpaired) electrons. The van der Waals surface area contributed by atoms with Gasteiger partial charge >= 0.3 is 0 Å². The van der Waals surface area contributed by atoms with E-state index in [0.717, 1.165) is 30.8 Å². The lowest BCUT2D eigenvalue weighted by atomic mass is 9.92. The number of hydrogen-bond acceptors (Lipinski definition) is 6. The van der Waals surface area contributed by atoms with Crippen LogP contribution in [0.25, 0.3) is 11.4 Å². The van der Waals surface area contributed by atoms with Crippen molar-refractivity contribution < 1.29 is 9.26 Å². The number of ether oxygens (including phenoxy) is 1. The molecular weight excluding hydrogens is 268 g/mol. The maximum Gasteiger partial charge on any atom is 0.230 e. The van der Waals surface area contributed by atoms with Crippen LogP contribution in [0.3, 0.4) is 0 Å². The largest absolute Gasteiger partial charge is 0.481 e. The number of pyridine rings is 1. The van der Waals surface area contributed by atoms with Crippen LogP contribution in [0.4, 0.5) is 0 Å². The topological polar surface area (TPSA) is 64.3 Å². The molecule has 112 valence electrons. The van der Waals surface area contributed by atoms with Gasteiger partial charge in [-0.1, -0.05) is 5.16 Å². The number of rotatable bonds is 3. The van der Waals surface area contributed by atoms with Crippen LogP contribution >= 0.6 is 0 Å². The van der Waals surface area contributed by atoms with Crippen LogP contribution in [0, 0.1) is 0 Å². The van der Waals surface area contributed by atoms with Crippen molar-refractivity contribution in [2.45, 2.75) is 31.7 Å². The molecule has 6 nitrogen and oxygen atoms in total. The van der Waals surface area contributed by atoms with Crippen molar-refractivity contribution >= 4 is 0 Å². The summed E-state index contributed by atoms with van der Waals surface area (Å²) in [6, 6.07) is 4.22. The molecule has 6 heteroatoms. The minimum absolute atomic E-state index is 0.351. The van der Waals surface area contributed by atoms with E-state index in [4.69, 9.17) is 9.26 Å². The monoisotopic (exact) mass is 288 g/mol. The molecule has 0 saturated carbocycles. The summed E-state index contributed by atoms with van der Waals surface area (Å²) < 4.78 is 10.5. The van der Waals surface area contributed by atoms with Gasteiger partial charge in [0.25, 0.3) is 0 Å². The van der Waals surface area contributed by atoms with Crippen molar-refractivity contribution in [3.63, 3.8) is 0 Å². The highest BCUT2D eigenvalue weighted by Crippen LogP contribution is 2.30. The van der Waals surface area contributed by atoms with Crippen molar-refractivity contribution in [2.75, 3.05) is 20.7 Å². The molecule has 0 unspecified atom stereocenters. The van der Waals surface area contributed by atoms with Gasteiger partial charge in [-0.2, -0.15) is 4.98 Å². The van der Waals surface area contributed by atoms with Gasteiger partial charge in [0.05, 0.1) is 7.11 Å². The molecule has 2 aromatic rings. The first kappa shape index (κ1) is 14.0. The third-order valence-electron chi connectivity index (χ3n) is 4.20. The van der Waals surface area contributed by atoms with Crippen LogP contribution in [0.2, 0.25) is 0 Å². The molecule has 1 fully saturated rings. The van der Waals surface area contributed by atoms with Crippen molar-refractivity contribution in [3.8, 4) is 17.3 Å². The smallest absolute Gasteiger partial charge is 0.230 e. The Kier molecular flexibility index (Phi) is 3.88. The Bertz CT molecular complexity index is 596. The number of likely N-dealkylation sites (tertiary alicyclic amines) is 1. The normalized spacial score (nSPS) is 23.2. The number of methoxy groups -OCH3 is 1. The SMILES string of the molecule is COc1ccc(-c2noc([C@H]3CCN(C)[C@@H](C)C3)n2)cn1. The molecule has 0 amide bonds. The summed E-state index contributed by atoms with van der Waals surface area (Å²) in [7, 11) is 3.75. The molecule has 2 aromatic heterocycles. The average Bonchev–Trinajstić information content (AvgIpc) is 3.00. The fraction of sp³-hybridized carbons (Fsp3) is 0.533. The second-order valence-corrected chi connectivity index (χ2v) is 5.60. The molecule has 1 aliphatic heterocycles. The number of piperidine rings is 1. The van der Waals surface area contributed by atoms with E-state index in [-0.39, 0.29) is 0 Å². The third kappa shape index (κ3) is 2.90. The molecule has 0 spiro atoms. The Hall–Kier alpha value is -1.95. The van der Waals surface area contributed by atoms with Crippen LogP contribution in [0.5, 0.6) is 5.88 Å². The van der Waals surface area contributed by atoms with Crippen molar-refractivity contribution in [2.24, 2.45) is 0 Å². The zero-order chi connectivity index (χ0) is 14.8. The summed E-state index contributed by atoms with van der Waals surface area (Å²) in [4.78, 5) is 11.1. The standard InChI is InChI=1S/C15H20N4O2/c1-10-8-11(6-7-19(10)2)15-17-14(18-21-15)12-4-5-13(20-3)16-9-12/h4-5,9-11H,6-8H2,1-3H3/t10-,11-/m0/s1. The van der Waals surface area contributed by atoms with Crippen molar-refractivity contribution in [3.05, 3.63) is 24.2 Å². The van der Waals surface area contributed by atoms with E-state index in [1.807, 2.05) is 6.07 Å². The van der Waals surface area contributed by atoms with Gasteiger partial charge in [-0.25, -0.2) is 4.98 Å². The van der Waals surface area contributed by atoms with Gasteiger partial charge in [0.15, 0.2) is 0 Å².